The molecule has 0 heterocycles. The molecule has 0 aromatic heterocycles. The first-order chi connectivity index (χ1) is 10.3. The predicted molar refractivity (Wildman–Crippen MR) is 82.1 cm³/mol. The van der Waals surface area contributed by atoms with Crippen LogP contribution >= 0.6 is 0 Å². The molecule has 2 aromatic carbocycles. The minimum absolute atomic E-state index is 0.386. The summed E-state index contributed by atoms with van der Waals surface area (Å²) in [4.78, 5) is 0. The molecular weight excluding hydrogens is 260 g/mol. The van der Waals surface area contributed by atoms with E-state index in [1.807, 2.05) is 12.1 Å². The largest absolute Gasteiger partial charge is 0.496 e. The molecule has 1 aliphatic carbocycles. The van der Waals surface area contributed by atoms with E-state index in [1.54, 1.807) is 13.2 Å². The third-order valence-electron chi connectivity index (χ3n) is 4.08. The maximum absolute atomic E-state index is 9.02. The van der Waals surface area contributed by atoms with Gasteiger partial charge in [-0.2, -0.15) is 5.26 Å². The molecule has 1 aliphatic rings. The maximum Gasteiger partial charge on any atom is 0.123 e. The second-order valence-corrected chi connectivity index (χ2v) is 5.31. The van der Waals surface area contributed by atoms with Gasteiger partial charge in [-0.1, -0.05) is 24.3 Å². The van der Waals surface area contributed by atoms with Crippen LogP contribution in [0.1, 0.15) is 34.7 Å². The van der Waals surface area contributed by atoms with Crippen molar-refractivity contribution in [3.8, 4) is 11.8 Å². The van der Waals surface area contributed by atoms with Crippen LogP contribution in [0.15, 0.2) is 42.5 Å². The van der Waals surface area contributed by atoms with Gasteiger partial charge in [-0.3, -0.25) is 0 Å². The van der Waals surface area contributed by atoms with Crippen molar-refractivity contribution in [1.82, 2.24) is 5.32 Å². The van der Waals surface area contributed by atoms with E-state index in [2.05, 4.69) is 35.7 Å². The van der Waals surface area contributed by atoms with E-state index in [1.165, 1.54) is 11.1 Å². The topological polar surface area (TPSA) is 45.0 Å². The summed E-state index contributed by atoms with van der Waals surface area (Å²) in [6, 6.07) is 16.7. The van der Waals surface area contributed by atoms with Gasteiger partial charge in [0.15, 0.2) is 0 Å². The van der Waals surface area contributed by atoms with E-state index in [0.29, 0.717) is 18.2 Å². The zero-order chi connectivity index (χ0) is 14.7. The van der Waals surface area contributed by atoms with Crippen molar-refractivity contribution in [2.45, 2.75) is 25.4 Å². The van der Waals surface area contributed by atoms with Gasteiger partial charge in [0.05, 0.1) is 18.7 Å². The fourth-order valence-corrected chi connectivity index (χ4v) is 2.99. The summed E-state index contributed by atoms with van der Waals surface area (Å²) in [6.07, 6.45) is 2.25. The molecule has 0 radical (unpaired) electrons. The number of nitrogens with zero attached hydrogens (tertiary/aromatic N) is 1. The third kappa shape index (κ3) is 2.76. The molecule has 106 valence electrons. The molecule has 0 bridgehead atoms. The highest BCUT2D eigenvalue weighted by atomic mass is 16.5. The number of hydrogen-bond acceptors (Lipinski definition) is 3. The van der Waals surface area contributed by atoms with E-state index < -0.39 is 0 Å². The SMILES string of the molecule is COc1ccc(C#N)cc1CNC1CCc2ccccc21. The van der Waals surface area contributed by atoms with Crippen LogP contribution in [0.4, 0.5) is 0 Å². The first kappa shape index (κ1) is 13.7. The normalized spacial score (nSPS) is 16.3. The lowest BCUT2D eigenvalue weighted by Crippen LogP contribution is -2.19. The van der Waals surface area contributed by atoms with Crippen LogP contribution < -0.4 is 10.1 Å². The molecule has 0 fully saturated rings. The van der Waals surface area contributed by atoms with Crippen LogP contribution in [0.2, 0.25) is 0 Å². The van der Waals surface area contributed by atoms with Crippen LogP contribution in [0.25, 0.3) is 0 Å². The summed E-state index contributed by atoms with van der Waals surface area (Å²) in [6.45, 7) is 0.706. The van der Waals surface area contributed by atoms with E-state index in [4.69, 9.17) is 10.00 Å². The first-order valence-corrected chi connectivity index (χ1v) is 7.20. The lowest BCUT2D eigenvalue weighted by Gasteiger charge is -2.16. The zero-order valence-electron chi connectivity index (χ0n) is 12.1. The molecule has 1 N–H and O–H groups in total. The number of fused-ring (bicyclic) bond motifs is 1. The Kier molecular flexibility index (Phi) is 3.89. The first-order valence-electron chi connectivity index (χ1n) is 7.20. The molecule has 0 spiro atoms. The minimum Gasteiger partial charge on any atom is -0.496 e. The van der Waals surface area contributed by atoms with Crippen molar-refractivity contribution in [3.63, 3.8) is 0 Å². The Labute approximate surface area is 125 Å². The Morgan fingerprint density at radius 3 is 2.95 bits per heavy atom. The van der Waals surface area contributed by atoms with Crippen molar-refractivity contribution in [3.05, 3.63) is 64.7 Å². The second-order valence-electron chi connectivity index (χ2n) is 5.31. The van der Waals surface area contributed by atoms with Crippen molar-refractivity contribution >= 4 is 0 Å². The van der Waals surface area contributed by atoms with E-state index >= 15 is 0 Å². The van der Waals surface area contributed by atoms with E-state index in [-0.39, 0.29) is 0 Å². The van der Waals surface area contributed by atoms with Crippen molar-refractivity contribution in [1.29, 1.82) is 5.26 Å². The Morgan fingerprint density at radius 1 is 1.29 bits per heavy atom. The highest BCUT2D eigenvalue weighted by molar-refractivity contribution is 5.42. The molecule has 3 nitrogen and oxygen atoms in total. The van der Waals surface area contributed by atoms with Gasteiger partial charge in [0.25, 0.3) is 0 Å². The Bertz CT molecular complexity index is 688. The maximum atomic E-state index is 9.02. The van der Waals surface area contributed by atoms with Crippen LogP contribution in [0.3, 0.4) is 0 Å². The average Bonchev–Trinajstić information content (AvgIpc) is 2.96. The standard InChI is InChI=1S/C18H18N2O/c1-21-18-9-6-13(11-19)10-15(18)12-20-17-8-7-14-4-2-3-5-16(14)17/h2-6,9-10,17,20H,7-8,12H2,1H3. The Morgan fingerprint density at radius 2 is 2.14 bits per heavy atom. The lowest BCUT2D eigenvalue weighted by molar-refractivity contribution is 0.405. The number of methoxy groups -OCH3 is 1. The summed E-state index contributed by atoms with van der Waals surface area (Å²) in [7, 11) is 1.66. The van der Waals surface area contributed by atoms with Crippen LogP contribution in [0.5, 0.6) is 5.75 Å². The number of benzene rings is 2. The quantitative estimate of drug-likeness (QED) is 0.933. The molecule has 2 aromatic rings. The molecule has 1 unspecified atom stereocenters. The highest BCUT2D eigenvalue weighted by Crippen LogP contribution is 2.31. The van der Waals surface area contributed by atoms with Gasteiger partial charge in [0.2, 0.25) is 0 Å². The predicted octanol–water partition coefficient (Wildman–Crippen LogP) is 3.34. The number of aryl methyl sites for hydroxylation is 1. The molecule has 0 aliphatic heterocycles. The molecular formula is C18H18N2O. The fourth-order valence-electron chi connectivity index (χ4n) is 2.99. The Hall–Kier alpha value is -2.31. The second kappa shape index (κ2) is 5.99. The summed E-state index contributed by atoms with van der Waals surface area (Å²) in [5.41, 5.74) is 4.53. The fraction of sp³-hybridized carbons (Fsp3) is 0.278. The van der Waals surface area contributed by atoms with Crippen LogP contribution in [0, 0.1) is 11.3 Å². The van der Waals surface area contributed by atoms with Crippen molar-refractivity contribution in [2.75, 3.05) is 7.11 Å². The zero-order valence-corrected chi connectivity index (χ0v) is 12.1. The monoisotopic (exact) mass is 278 g/mol. The number of ether oxygens (including phenoxy) is 1. The molecule has 3 heteroatoms. The van der Waals surface area contributed by atoms with Gasteiger partial charge in [-0.25, -0.2) is 0 Å². The van der Waals surface area contributed by atoms with Gasteiger partial charge in [-0.15, -0.1) is 0 Å². The van der Waals surface area contributed by atoms with Gasteiger partial charge in [0, 0.05) is 18.2 Å². The molecule has 0 amide bonds. The minimum atomic E-state index is 0.386. The molecule has 21 heavy (non-hydrogen) atoms. The average molecular weight is 278 g/mol. The van der Waals surface area contributed by atoms with Crippen LogP contribution in [-0.2, 0) is 13.0 Å². The molecule has 3 rings (SSSR count). The summed E-state index contributed by atoms with van der Waals surface area (Å²) in [5.74, 6) is 0.827. The van der Waals surface area contributed by atoms with E-state index in [9.17, 15) is 0 Å². The van der Waals surface area contributed by atoms with Gasteiger partial charge in [0.1, 0.15) is 5.75 Å². The van der Waals surface area contributed by atoms with Crippen molar-refractivity contribution < 1.29 is 4.74 Å². The smallest absolute Gasteiger partial charge is 0.123 e. The number of nitrogens with one attached hydrogen (secondary N) is 1. The van der Waals surface area contributed by atoms with E-state index in [0.717, 1.165) is 24.2 Å². The van der Waals surface area contributed by atoms with Crippen LogP contribution in [-0.4, -0.2) is 7.11 Å². The highest BCUT2D eigenvalue weighted by Gasteiger charge is 2.21. The molecule has 0 saturated carbocycles. The molecule has 0 saturated heterocycles. The summed E-state index contributed by atoms with van der Waals surface area (Å²) < 4.78 is 5.38. The Balaban J connectivity index is 1.76. The van der Waals surface area contributed by atoms with Gasteiger partial charge in [-0.05, 0) is 42.2 Å². The number of hydrogen-bond donors (Lipinski definition) is 1. The summed E-state index contributed by atoms with van der Waals surface area (Å²) in [5, 5.41) is 12.6. The third-order valence-corrected chi connectivity index (χ3v) is 4.08. The number of nitriles is 1. The molecule has 1 atom stereocenters. The van der Waals surface area contributed by atoms with Gasteiger partial charge < -0.3 is 10.1 Å². The summed E-state index contributed by atoms with van der Waals surface area (Å²) >= 11 is 0. The number of rotatable bonds is 4. The van der Waals surface area contributed by atoms with Gasteiger partial charge >= 0.3 is 0 Å². The van der Waals surface area contributed by atoms with Crippen molar-refractivity contribution in [2.24, 2.45) is 0 Å². The lowest BCUT2D eigenvalue weighted by atomic mass is 10.1.